The predicted octanol–water partition coefficient (Wildman–Crippen LogP) is 1.58. The summed E-state index contributed by atoms with van der Waals surface area (Å²) in [4.78, 5) is 0. The summed E-state index contributed by atoms with van der Waals surface area (Å²) in [6.45, 7) is 7.85. The largest absolute Gasteiger partial charge is 0.376 e. The van der Waals surface area contributed by atoms with E-state index in [1.807, 2.05) is 0 Å². The molecule has 1 unspecified atom stereocenters. The molecule has 94 valence electrons. The van der Waals surface area contributed by atoms with Gasteiger partial charge in [0.1, 0.15) is 12.2 Å². The molecule has 0 spiro atoms. The predicted molar refractivity (Wildman–Crippen MR) is 59.2 cm³/mol. The van der Waals surface area contributed by atoms with Gasteiger partial charge in [0.25, 0.3) is 0 Å². The summed E-state index contributed by atoms with van der Waals surface area (Å²) >= 11 is 0. The lowest BCUT2D eigenvalue weighted by Gasteiger charge is -2.34. The Balaban J connectivity index is 1.89. The fourth-order valence-electron chi connectivity index (χ4n) is 2.06. The van der Waals surface area contributed by atoms with Gasteiger partial charge in [-0.25, -0.2) is 0 Å². The van der Waals surface area contributed by atoms with E-state index in [1.165, 1.54) is 0 Å². The van der Waals surface area contributed by atoms with Crippen molar-refractivity contribution in [3.8, 4) is 0 Å². The van der Waals surface area contributed by atoms with Gasteiger partial charge < -0.3 is 18.9 Å². The van der Waals surface area contributed by atoms with Gasteiger partial charge in [0.05, 0.1) is 19.3 Å². The van der Waals surface area contributed by atoms with Crippen LogP contribution in [0.15, 0.2) is 0 Å². The van der Waals surface area contributed by atoms with E-state index in [4.69, 9.17) is 18.9 Å². The molecule has 0 radical (unpaired) electrons. The summed E-state index contributed by atoms with van der Waals surface area (Å²) in [5, 5.41) is 0. The Bertz CT molecular complexity index is 236. The molecule has 16 heavy (non-hydrogen) atoms. The van der Waals surface area contributed by atoms with E-state index >= 15 is 0 Å². The highest BCUT2D eigenvalue weighted by molar-refractivity contribution is 4.87. The molecule has 0 amide bonds. The van der Waals surface area contributed by atoms with Crippen LogP contribution in [-0.2, 0) is 18.9 Å². The van der Waals surface area contributed by atoms with Gasteiger partial charge in [0.2, 0.25) is 0 Å². The van der Waals surface area contributed by atoms with Crippen LogP contribution >= 0.6 is 0 Å². The van der Waals surface area contributed by atoms with Crippen LogP contribution in [0.1, 0.15) is 27.2 Å². The molecular weight excluding hydrogens is 208 g/mol. The highest BCUT2D eigenvalue weighted by Gasteiger charge is 2.45. The lowest BCUT2D eigenvalue weighted by atomic mass is 9.98. The van der Waals surface area contributed by atoms with Crippen LogP contribution in [0.5, 0.6) is 0 Å². The summed E-state index contributed by atoms with van der Waals surface area (Å²) in [5.41, 5.74) is 0.179. The van der Waals surface area contributed by atoms with E-state index in [2.05, 4.69) is 20.8 Å². The van der Waals surface area contributed by atoms with Crippen molar-refractivity contribution in [2.24, 2.45) is 5.41 Å². The zero-order chi connectivity index (χ0) is 11.8. The molecule has 2 fully saturated rings. The standard InChI is InChI=1S/C12H22O4/c1-12(2,3)7-15-8-5-9(13-4)11-14-6-10(8)16-11/h8-11H,5-7H2,1-4H3/t8-,9+,10+,11?/m0/s1. The topological polar surface area (TPSA) is 36.9 Å². The van der Waals surface area contributed by atoms with Gasteiger partial charge in [0.15, 0.2) is 6.29 Å². The van der Waals surface area contributed by atoms with Crippen LogP contribution in [-0.4, -0.2) is 44.9 Å². The third-order valence-corrected chi connectivity index (χ3v) is 2.95. The molecule has 0 saturated carbocycles. The van der Waals surface area contributed by atoms with E-state index < -0.39 is 0 Å². The van der Waals surface area contributed by atoms with Gasteiger partial charge >= 0.3 is 0 Å². The van der Waals surface area contributed by atoms with Crippen LogP contribution in [0, 0.1) is 5.41 Å². The Morgan fingerprint density at radius 3 is 2.62 bits per heavy atom. The average Bonchev–Trinajstić information content (AvgIpc) is 2.61. The molecule has 2 rings (SSSR count). The van der Waals surface area contributed by atoms with E-state index in [0.29, 0.717) is 6.61 Å². The van der Waals surface area contributed by atoms with Gasteiger partial charge in [-0.1, -0.05) is 20.8 Å². The molecule has 2 heterocycles. The third kappa shape index (κ3) is 2.74. The molecular formula is C12H22O4. The van der Waals surface area contributed by atoms with Crippen LogP contribution in [0.3, 0.4) is 0 Å². The van der Waals surface area contributed by atoms with E-state index in [9.17, 15) is 0 Å². The summed E-state index contributed by atoms with van der Waals surface area (Å²) in [5.74, 6) is 0. The van der Waals surface area contributed by atoms with E-state index in [0.717, 1.165) is 13.0 Å². The maximum atomic E-state index is 5.92. The fourth-order valence-corrected chi connectivity index (χ4v) is 2.06. The van der Waals surface area contributed by atoms with Crippen LogP contribution in [0.25, 0.3) is 0 Å². The second kappa shape index (κ2) is 4.61. The molecule has 4 nitrogen and oxygen atoms in total. The monoisotopic (exact) mass is 230 g/mol. The number of methoxy groups -OCH3 is 1. The second-order valence-electron chi connectivity index (χ2n) is 5.80. The molecule has 0 N–H and O–H groups in total. The van der Waals surface area contributed by atoms with Crippen molar-refractivity contribution in [2.75, 3.05) is 20.3 Å². The Kier molecular flexibility index (Phi) is 3.54. The van der Waals surface area contributed by atoms with E-state index in [1.54, 1.807) is 7.11 Å². The third-order valence-electron chi connectivity index (χ3n) is 2.95. The highest BCUT2D eigenvalue weighted by Crippen LogP contribution is 2.31. The SMILES string of the molecule is CO[C@@H]1C[C@H](OCC(C)(C)C)[C@H]2COC1O2. The van der Waals surface area contributed by atoms with Crippen LogP contribution in [0.2, 0.25) is 0 Å². The maximum Gasteiger partial charge on any atom is 0.184 e. The van der Waals surface area contributed by atoms with Gasteiger partial charge in [-0.05, 0) is 5.41 Å². The highest BCUT2D eigenvalue weighted by atomic mass is 16.7. The Morgan fingerprint density at radius 1 is 1.25 bits per heavy atom. The first kappa shape index (κ1) is 12.3. The Labute approximate surface area is 97.2 Å². The zero-order valence-electron chi connectivity index (χ0n) is 10.6. The number of hydrogen-bond donors (Lipinski definition) is 0. The number of fused-ring (bicyclic) bond motifs is 2. The minimum Gasteiger partial charge on any atom is -0.376 e. The molecule has 2 aliphatic heterocycles. The minimum atomic E-state index is -0.190. The quantitative estimate of drug-likeness (QED) is 0.737. The summed E-state index contributed by atoms with van der Waals surface area (Å²) in [6, 6.07) is 0. The average molecular weight is 230 g/mol. The molecule has 0 aliphatic carbocycles. The van der Waals surface area contributed by atoms with Gasteiger partial charge in [-0.2, -0.15) is 0 Å². The van der Waals surface area contributed by atoms with Crippen molar-refractivity contribution in [1.29, 1.82) is 0 Å². The van der Waals surface area contributed by atoms with E-state index in [-0.39, 0.29) is 30.0 Å². The van der Waals surface area contributed by atoms with Crippen molar-refractivity contribution in [3.63, 3.8) is 0 Å². The number of hydrogen-bond acceptors (Lipinski definition) is 4. The molecule has 4 atom stereocenters. The van der Waals surface area contributed by atoms with Crippen molar-refractivity contribution in [2.45, 2.75) is 51.8 Å². The molecule has 0 aromatic heterocycles. The number of ether oxygens (including phenoxy) is 4. The van der Waals surface area contributed by atoms with Crippen molar-refractivity contribution in [3.05, 3.63) is 0 Å². The van der Waals surface area contributed by atoms with Crippen LogP contribution in [0.4, 0.5) is 0 Å². The lowest BCUT2D eigenvalue weighted by molar-refractivity contribution is -0.202. The van der Waals surface area contributed by atoms with Crippen molar-refractivity contribution >= 4 is 0 Å². The summed E-state index contributed by atoms with van der Waals surface area (Å²) < 4.78 is 22.5. The van der Waals surface area contributed by atoms with Crippen LogP contribution < -0.4 is 0 Å². The fraction of sp³-hybridized carbons (Fsp3) is 1.00. The first-order chi connectivity index (χ1) is 7.49. The molecule has 4 heteroatoms. The molecule has 2 bridgehead atoms. The lowest BCUT2D eigenvalue weighted by Crippen LogP contribution is -2.44. The maximum absolute atomic E-state index is 5.92. The number of rotatable bonds is 3. The normalized spacial score (nSPS) is 39.0. The second-order valence-corrected chi connectivity index (χ2v) is 5.80. The first-order valence-electron chi connectivity index (χ1n) is 5.91. The Hall–Kier alpha value is -0.160. The molecule has 0 aromatic rings. The van der Waals surface area contributed by atoms with Crippen molar-refractivity contribution < 1.29 is 18.9 Å². The van der Waals surface area contributed by atoms with Gasteiger partial charge in [-0.15, -0.1) is 0 Å². The van der Waals surface area contributed by atoms with Gasteiger partial charge in [-0.3, -0.25) is 0 Å². The molecule has 2 saturated heterocycles. The molecule has 2 aliphatic rings. The van der Waals surface area contributed by atoms with Gasteiger partial charge in [0, 0.05) is 13.5 Å². The van der Waals surface area contributed by atoms with Crippen molar-refractivity contribution in [1.82, 2.24) is 0 Å². The smallest absolute Gasteiger partial charge is 0.184 e. The first-order valence-corrected chi connectivity index (χ1v) is 5.91. The zero-order valence-corrected chi connectivity index (χ0v) is 10.6. The minimum absolute atomic E-state index is 0.00344. The molecule has 0 aromatic carbocycles. The summed E-state index contributed by atoms with van der Waals surface area (Å²) in [6.07, 6.45) is 0.858. The Morgan fingerprint density at radius 2 is 2.00 bits per heavy atom. The summed E-state index contributed by atoms with van der Waals surface area (Å²) in [7, 11) is 1.69.